The zero-order chi connectivity index (χ0) is 34.1. The number of nitrogens with two attached hydrogens (primary N) is 1. The number of hydrogen-bond donors (Lipinski definition) is 7. The second kappa shape index (κ2) is 17.2. The molecule has 2 aliphatic rings. The molecule has 17 heteroatoms. The van der Waals surface area contributed by atoms with E-state index in [4.69, 9.17) is 28.9 Å². The fraction of sp³-hybridized carbons (Fsp3) is 0.500. The van der Waals surface area contributed by atoms with Crippen molar-refractivity contribution in [3.8, 4) is 0 Å². The molecular weight excluding hydrogens is 691 g/mol. The fourth-order valence-corrected chi connectivity index (χ4v) is 8.24. The van der Waals surface area contributed by atoms with Crippen LogP contribution in [0, 0.1) is 0 Å². The van der Waals surface area contributed by atoms with E-state index >= 15 is 0 Å². The van der Waals surface area contributed by atoms with E-state index in [2.05, 4.69) is 20.1 Å². The Morgan fingerprint density at radius 2 is 1.81 bits per heavy atom. The Bertz CT molecular complexity index is 1530. The number of hydrogen-bond acceptors (Lipinski definition) is 10. The number of unbranched alkanes of at least 4 members (excludes halogenated alkanes) is 1. The molecule has 0 aliphatic carbocycles. The molecule has 2 aliphatic heterocycles. The Kier molecular flexibility index (Phi) is 13.6. The number of nitrogens with zero attached hydrogens (tertiary/aromatic N) is 1. The van der Waals surface area contributed by atoms with Gasteiger partial charge in [0.15, 0.2) is 0 Å². The van der Waals surface area contributed by atoms with Gasteiger partial charge in [-0.2, -0.15) is 0 Å². The summed E-state index contributed by atoms with van der Waals surface area (Å²) >= 11 is 13.5. The number of carboxylic acid groups (broad SMARTS) is 2. The topological polar surface area (TPSA) is 203 Å². The molecule has 0 spiro atoms. The predicted octanol–water partition coefficient (Wildman–Crippen LogP) is 2.95. The highest BCUT2D eigenvalue weighted by molar-refractivity contribution is 7.97. The van der Waals surface area contributed by atoms with Gasteiger partial charge in [-0.3, -0.25) is 14.9 Å². The standard InChI is InChI=1S/C30H40Cl2N6O7S2/c31-16-27-36-23-14-20(32)26(15-25(23)46-37-27)47(44,45)34-17-19-8-6-18(7-9-19)10-11-22(29(40)41)35-21(4-1-2-12-33)28(39)38-13-3-5-24(38)30(42)43/h6-9,14-15,21-22,24,27,34-37H,1-5,10-13,16-17,33H2,(H,40,41)(H,42,43)/t21?,22-,24-,27-/m0/s1. The molecule has 1 fully saturated rings. The zero-order valence-electron chi connectivity index (χ0n) is 25.6. The number of halogens is 2. The second-order valence-corrected chi connectivity index (χ2v) is 14.8. The molecule has 1 amide bonds. The molecule has 1 saturated heterocycles. The average Bonchev–Trinajstić information content (AvgIpc) is 3.55. The first-order valence-corrected chi connectivity index (χ1v) is 18.5. The molecular formula is C30H40Cl2N6O7S2. The number of rotatable bonds is 17. The Balaban J connectivity index is 1.35. The Labute approximate surface area is 288 Å². The summed E-state index contributed by atoms with van der Waals surface area (Å²) in [6, 6.07) is 7.33. The molecule has 47 heavy (non-hydrogen) atoms. The van der Waals surface area contributed by atoms with Crippen LogP contribution < -0.4 is 25.8 Å². The van der Waals surface area contributed by atoms with Crippen LogP contribution in [0.1, 0.15) is 49.7 Å². The lowest BCUT2D eigenvalue weighted by Crippen LogP contribution is -2.54. The van der Waals surface area contributed by atoms with E-state index < -0.39 is 46.0 Å². The van der Waals surface area contributed by atoms with Crippen molar-refractivity contribution in [1.82, 2.24) is 19.7 Å². The van der Waals surface area contributed by atoms with E-state index in [1.54, 1.807) is 30.3 Å². The maximum atomic E-state index is 13.4. The molecule has 0 radical (unpaired) electrons. The largest absolute Gasteiger partial charge is 0.480 e. The lowest BCUT2D eigenvalue weighted by Gasteiger charge is -2.29. The van der Waals surface area contributed by atoms with E-state index in [1.807, 2.05) is 0 Å². The van der Waals surface area contributed by atoms with Gasteiger partial charge in [0.25, 0.3) is 0 Å². The van der Waals surface area contributed by atoms with Gasteiger partial charge in [0.05, 0.1) is 22.6 Å². The first kappa shape index (κ1) is 37.2. The van der Waals surface area contributed by atoms with Crippen LogP contribution in [0.2, 0.25) is 5.02 Å². The average molecular weight is 732 g/mol. The molecule has 4 rings (SSSR count). The van der Waals surface area contributed by atoms with Gasteiger partial charge in [-0.05, 0) is 80.3 Å². The molecule has 0 bridgehead atoms. The van der Waals surface area contributed by atoms with Gasteiger partial charge in [0.1, 0.15) is 23.1 Å². The van der Waals surface area contributed by atoms with Crippen LogP contribution >= 0.6 is 35.1 Å². The van der Waals surface area contributed by atoms with Gasteiger partial charge in [-0.1, -0.05) is 42.3 Å². The lowest BCUT2D eigenvalue weighted by atomic mass is 10.0. The number of aryl methyl sites for hydroxylation is 1. The van der Waals surface area contributed by atoms with Gasteiger partial charge in [0, 0.05) is 18.0 Å². The number of nitrogens with one attached hydrogen (secondary N) is 4. The summed E-state index contributed by atoms with van der Waals surface area (Å²) in [5, 5.41) is 25.7. The third-order valence-electron chi connectivity index (χ3n) is 8.10. The number of carbonyl (C=O) groups is 3. The number of anilines is 1. The summed E-state index contributed by atoms with van der Waals surface area (Å²) in [5.74, 6) is -2.28. The zero-order valence-corrected chi connectivity index (χ0v) is 28.7. The number of amides is 1. The van der Waals surface area contributed by atoms with Crippen LogP contribution in [0.15, 0.2) is 46.2 Å². The van der Waals surface area contributed by atoms with Crippen molar-refractivity contribution < 1.29 is 33.0 Å². The van der Waals surface area contributed by atoms with Crippen molar-refractivity contribution in [1.29, 1.82) is 0 Å². The number of aliphatic carboxylic acids is 2. The van der Waals surface area contributed by atoms with Crippen LogP contribution in [-0.2, 0) is 37.4 Å². The molecule has 2 heterocycles. The van der Waals surface area contributed by atoms with E-state index in [-0.39, 0.29) is 29.0 Å². The number of likely N-dealkylation sites (tertiary alicyclic amines) is 1. The summed E-state index contributed by atoms with van der Waals surface area (Å²) in [6.45, 7) is 0.747. The molecule has 13 nitrogen and oxygen atoms in total. The fourth-order valence-electron chi connectivity index (χ4n) is 5.53. The van der Waals surface area contributed by atoms with E-state index in [0.29, 0.717) is 73.6 Å². The maximum absolute atomic E-state index is 13.4. The summed E-state index contributed by atoms with van der Waals surface area (Å²) < 4.78 is 31.9. The molecule has 2 aromatic rings. The van der Waals surface area contributed by atoms with Crippen LogP contribution in [0.25, 0.3) is 0 Å². The maximum Gasteiger partial charge on any atom is 0.326 e. The molecule has 0 saturated carbocycles. The van der Waals surface area contributed by atoms with Gasteiger partial charge in [0.2, 0.25) is 15.9 Å². The molecule has 2 aromatic carbocycles. The number of carboxylic acids is 2. The van der Waals surface area contributed by atoms with Crippen LogP contribution in [0.4, 0.5) is 5.69 Å². The van der Waals surface area contributed by atoms with E-state index in [0.717, 1.165) is 5.56 Å². The van der Waals surface area contributed by atoms with Gasteiger partial charge >= 0.3 is 11.9 Å². The minimum absolute atomic E-state index is 0.00767. The Morgan fingerprint density at radius 3 is 2.47 bits per heavy atom. The van der Waals surface area contributed by atoms with Crippen molar-refractivity contribution in [3.05, 3.63) is 52.5 Å². The highest BCUT2D eigenvalue weighted by atomic mass is 35.5. The molecule has 1 unspecified atom stereocenters. The van der Waals surface area contributed by atoms with Gasteiger partial charge in [-0.25, -0.2) is 22.7 Å². The minimum atomic E-state index is -3.95. The van der Waals surface area contributed by atoms with Crippen LogP contribution in [-0.4, -0.2) is 84.6 Å². The summed E-state index contributed by atoms with van der Waals surface area (Å²) in [5.41, 5.74) is 7.81. The van der Waals surface area contributed by atoms with Crippen molar-refractivity contribution >= 4 is 68.7 Å². The highest BCUT2D eigenvalue weighted by Gasteiger charge is 2.38. The van der Waals surface area contributed by atoms with Crippen molar-refractivity contribution in [2.45, 2.75) is 85.6 Å². The number of fused-ring (bicyclic) bond motifs is 1. The summed E-state index contributed by atoms with van der Waals surface area (Å²) in [6.07, 6.45) is 2.88. The molecule has 0 aromatic heterocycles. The first-order valence-electron chi connectivity index (χ1n) is 15.3. The lowest BCUT2D eigenvalue weighted by molar-refractivity contribution is -0.149. The molecule has 4 atom stereocenters. The van der Waals surface area contributed by atoms with Crippen LogP contribution in [0.5, 0.6) is 0 Å². The van der Waals surface area contributed by atoms with Gasteiger partial charge < -0.3 is 26.2 Å². The number of sulfonamides is 1. The van der Waals surface area contributed by atoms with Crippen molar-refractivity contribution in [2.24, 2.45) is 5.73 Å². The van der Waals surface area contributed by atoms with Crippen LogP contribution in [0.3, 0.4) is 0 Å². The second-order valence-electron chi connectivity index (χ2n) is 11.5. The molecule has 8 N–H and O–H groups in total. The van der Waals surface area contributed by atoms with Crippen molar-refractivity contribution in [2.75, 3.05) is 24.3 Å². The minimum Gasteiger partial charge on any atom is -0.480 e. The van der Waals surface area contributed by atoms with E-state index in [9.17, 15) is 33.0 Å². The van der Waals surface area contributed by atoms with E-state index in [1.165, 1.54) is 22.9 Å². The first-order chi connectivity index (χ1) is 22.4. The SMILES string of the molecule is NCCCCC(N[C@@H](CCc1ccc(CNS(=O)(=O)c2cc3c(cc2Cl)N[C@H](CCl)NS3)cc1)C(=O)O)C(=O)N1CCC[C@H]1C(=O)O. The number of alkyl halides is 1. The third kappa shape index (κ3) is 9.95. The van der Waals surface area contributed by atoms with Gasteiger partial charge in [-0.15, -0.1) is 11.6 Å². The van der Waals surface area contributed by atoms with Crippen molar-refractivity contribution in [3.63, 3.8) is 0 Å². The monoisotopic (exact) mass is 730 g/mol. The predicted molar refractivity (Wildman–Crippen MR) is 181 cm³/mol. The Hall–Kier alpha value is -2.63. The highest BCUT2D eigenvalue weighted by Crippen LogP contribution is 2.36. The summed E-state index contributed by atoms with van der Waals surface area (Å²) in [7, 11) is -3.95. The smallest absolute Gasteiger partial charge is 0.326 e. The molecule has 258 valence electrons. The Morgan fingerprint density at radius 1 is 1.09 bits per heavy atom. The quantitative estimate of drug-likeness (QED) is 0.0714. The third-order valence-corrected chi connectivity index (χ3v) is 11.2. The summed E-state index contributed by atoms with van der Waals surface area (Å²) in [4.78, 5) is 39.2. The number of carbonyl (C=O) groups excluding carboxylic acids is 1. The number of benzene rings is 2. The normalized spacial score (nSPS) is 19.1.